The van der Waals surface area contributed by atoms with Gasteiger partial charge in [-0.15, -0.1) is 0 Å². The maximum atomic E-state index is 13.5. The molecule has 0 spiro atoms. The van der Waals surface area contributed by atoms with E-state index in [4.69, 9.17) is 4.74 Å². The minimum Gasteiger partial charge on any atom is -0.444 e. The number of alkyl halides is 2. The highest BCUT2D eigenvalue weighted by Gasteiger charge is 2.51. The number of carbonyl (C=O) groups is 1. The van der Waals surface area contributed by atoms with Crippen LogP contribution in [0.1, 0.15) is 48.0 Å². The molecule has 1 fully saturated rings. The quantitative estimate of drug-likeness (QED) is 0.667. The molecular weight excluding hydrogens is 240 g/mol. The lowest BCUT2D eigenvalue weighted by molar-refractivity contribution is -0.00353. The third-order valence-corrected chi connectivity index (χ3v) is 2.90. The van der Waals surface area contributed by atoms with Crippen molar-refractivity contribution in [2.24, 2.45) is 5.41 Å². The van der Waals surface area contributed by atoms with Gasteiger partial charge in [-0.25, -0.2) is 13.6 Å². The summed E-state index contributed by atoms with van der Waals surface area (Å²) in [5.74, 6) is -2.82. The Morgan fingerprint density at radius 2 is 1.72 bits per heavy atom. The molecule has 0 aromatic rings. The highest BCUT2D eigenvalue weighted by Crippen LogP contribution is 2.40. The van der Waals surface area contributed by atoms with Crippen LogP contribution in [0.15, 0.2) is 0 Å². The Kier molecular flexibility index (Phi) is 3.67. The SMILES string of the molecule is CC(C)(C)OC(=O)N1CC(F)(F)CC1C(C)(C)C. The van der Waals surface area contributed by atoms with E-state index in [9.17, 15) is 13.6 Å². The lowest BCUT2D eigenvalue weighted by Gasteiger charge is -2.35. The lowest BCUT2D eigenvalue weighted by Crippen LogP contribution is -2.45. The van der Waals surface area contributed by atoms with E-state index in [1.54, 1.807) is 20.8 Å². The molecule has 0 radical (unpaired) electrons. The summed E-state index contributed by atoms with van der Waals surface area (Å²) in [7, 11) is 0. The van der Waals surface area contributed by atoms with Gasteiger partial charge in [0, 0.05) is 12.5 Å². The fraction of sp³-hybridized carbons (Fsp3) is 0.923. The van der Waals surface area contributed by atoms with E-state index < -0.39 is 35.6 Å². The number of rotatable bonds is 0. The first-order chi connectivity index (χ1) is 7.82. The number of carbonyl (C=O) groups excluding carboxylic acids is 1. The predicted molar refractivity (Wildman–Crippen MR) is 65.7 cm³/mol. The molecule has 5 heteroatoms. The normalized spacial score (nSPS) is 24.2. The molecule has 1 aliphatic rings. The second-order valence-corrected chi connectivity index (χ2v) is 7.05. The molecule has 0 N–H and O–H groups in total. The molecule has 1 atom stereocenters. The monoisotopic (exact) mass is 263 g/mol. The molecular formula is C13H23F2NO2. The Morgan fingerprint density at radius 1 is 1.22 bits per heavy atom. The van der Waals surface area contributed by atoms with Crippen molar-refractivity contribution in [3.8, 4) is 0 Å². The van der Waals surface area contributed by atoms with E-state index in [1.807, 2.05) is 20.8 Å². The van der Waals surface area contributed by atoms with Crippen LogP contribution in [0.25, 0.3) is 0 Å². The molecule has 3 nitrogen and oxygen atoms in total. The zero-order chi connectivity index (χ0) is 14.4. The number of halogens is 2. The van der Waals surface area contributed by atoms with Gasteiger partial charge >= 0.3 is 6.09 Å². The molecule has 0 aromatic carbocycles. The molecule has 0 aromatic heterocycles. The summed E-state index contributed by atoms with van der Waals surface area (Å²) in [6.07, 6.45) is -0.949. The molecule has 0 bridgehead atoms. The van der Waals surface area contributed by atoms with Gasteiger partial charge in [0.05, 0.1) is 6.54 Å². The van der Waals surface area contributed by atoms with Crippen LogP contribution in [0.3, 0.4) is 0 Å². The van der Waals surface area contributed by atoms with Gasteiger partial charge in [-0.1, -0.05) is 20.8 Å². The van der Waals surface area contributed by atoms with Crippen LogP contribution in [0.2, 0.25) is 0 Å². The van der Waals surface area contributed by atoms with Gasteiger partial charge in [-0.2, -0.15) is 0 Å². The van der Waals surface area contributed by atoms with E-state index in [2.05, 4.69) is 0 Å². The fourth-order valence-electron chi connectivity index (χ4n) is 2.10. The largest absolute Gasteiger partial charge is 0.444 e. The van der Waals surface area contributed by atoms with Crippen LogP contribution in [0.5, 0.6) is 0 Å². The van der Waals surface area contributed by atoms with Gasteiger partial charge in [0.25, 0.3) is 5.92 Å². The van der Waals surface area contributed by atoms with Crippen molar-refractivity contribution in [2.75, 3.05) is 6.54 Å². The molecule has 1 unspecified atom stereocenters. The minimum absolute atomic E-state index is 0.296. The Hall–Kier alpha value is -0.870. The Bertz CT molecular complexity index is 329. The summed E-state index contributed by atoms with van der Waals surface area (Å²) >= 11 is 0. The van der Waals surface area contributed by atoms with E-state index >= 15 is 0 Å². The van der Waals surface area contributed by atoms with Crippen LogP contribution in [-0.4, -0.2) is 35.1 Å². The number of hydrogen-bond acceptors (Lipinski definition) is 2. The highest BCUT2D eigenvalue weighted by molar-refractivity contribution is 5.69. The van der Waals surface area contributed by atoms with Gasteiger partial charge in [0.15, 0.2) is 0 Å². The molecule has 106 valence electrons. The van der Waals surface area contributed by atoms with Crippen molar-refractivity contribution < 1.29 is 18.3 Å². The maximum Gasteiger partial charge on any atom is 0.410 e. The van der Waals surface area contributed by atoms with Crippen molar-refractivity contribution >= 4 is 6.09 Å². The third-order valence-electron chi connectivity index (χ3n) is 2.90. The predicted octanol–water partition coefficient (Wildman–Crippen LogP) is 3.68. The molecule has 0 saturated carbocycles. The van der Waals surface area contributed by atoms with Crippen molar-refractivity contribution in [1.29, 1.82) is 0 Å². The van der Waals surface area contributed by atoms with Crippen molar-refractivity contribution in [2.45, 2.75) is 65.5 Å². The molecule has 1 saturated heterocycles. The van der Waals surface area contributed by atoms with Crippen LogP contribution in [-0.2, 0) is 4.74 Å². The van der Waals surface area contributed by atoms with Gasteiger partial charge in [0.2, 0.25) is 0 Å². The van der Waals surface area contributed by atoms with E-state index in [0.717, 1.165) is 0 Å². The summed E-state index contributed by atoms with van der Waals surface area (Å²) in [5, 5.41) is 0. The molecule has 0 aliphatic carbocycles. The lowest BCUT2D eigenvalue weighted by atomic mass is 9.85. The first kappa shape index (κ1) is 15.2. The van der Waals surface area contributed by atoms with E-state index in [0.29, 0.717) is 0 Å². The third kappa shape index (κ3) is 3.82. The van der Waals surface area contributed by atoms with Gasteiger partial charge in [-0.05, 0) is 26.2 Å². The molecule has 1 amide bonds. The number of nitrogens with zero attached hydrogens (tertiary/aromatic N) is 1. The zero-order valence-corrected chi connectivity index (χ0v) is 12.0. The second kappa shape index (κ2) is 4.35. The Labute approximate surface area is 107 Å². The van der Waals surface area contributed by atoms with Crippen LogP contribution < -0.4 is 0 Å². The van der Waals surface area contributed by atoms with Crippen LogP contribution >= 0.6 is 0 Å². The summed E-state index contributed by atoms with van der Waals surface area (Å²) in [6.45, 7) is 10.2. The highest BCUT2D eigenvalue weighted by atomic mass is 19.3. The smallest absolute Gasteiger partial charge is 0.410 e. The van der Waals surface area contributed by atoms with Crippen molar-refractivity contribution in [1.82, 2.24) is 4.90 Å². The van der Waals surface area contributed by atoms with Crippen LogP contribution in [0.4, 0.5) is 13.6 Å². The second-order valence-electron chi connectivity index (χ2n) is 7.05. The number of likely N-dealkylation sites (tertiary alicyclic amines) is 1. The first-order valence-electron chi connectivity index (χ1n) is 6.19. The summed E-state index contributed by atoms with van der Waals surface area (Å²) in [6, 6.07) is -0.498. The number of amides is 1. The molecule has 1 heterocycles. The minimum atomic E-state index is -2.82. The van der Waals surface area contributed by atoms with E-state index in [-0.39, 0.29) is 6.42 Å². The molecule has 1 rings (SSSR count). The standard InChI is InChI=1S/C13H23F2NO2/c1-11(2,3)9-7-13(14,15)8-16(9)10(17)18-12(4,5)6/h9H,7-8H2,1-6H3. The van der Waals surface area contributed by atoms with Crippen LogP contribution in [0, 0.1) is 5.41 Å². The summed E-state index contributed by atoms with van der Waals surface area (Å²) in [4.78, 5) is 13.1. The molecule has 18 heavy (non-hydrogen) atoms. The number of ether oxygens (including phenoxy) is 1. The van der Waals surface area contributed by atoms with Gasteiger partial charge in [0.1, 0.15) is 5.60 Å². The molecule has 1 aliphatic heterocycles. The summed E-state index contributed by atoms with van der Waals surface area (Å²) in [5.41, 5.74) is -1.06. The summed E-state index contributed by atoms with van der Waals surface area (Å²) < 4.78 is 32.2. The Morgan fingerprint density at radius 3 is 2.11 bits per heavy atom. The average Bonchev–Trinajstić information content (AvgIpc) is 2.37. The maximum absolute atomic E-state index is 13.5. The van der Waals surface area contributed by atoms with Gasteiger partial charge < -0.3 is 4.74 Å². The number of hydrogen-bond donors (Lipinski definition) is 0. The fourth-order valence-corrected chi connectivity index (χ4v) is 2.10. The van der Waals surface area contributed by atoms with Crippen molar-refractivity contribution in [3.63, 3.8) is 0 Å². The average molecular weight is 263 g/mol. The van der Waals surface area contributed by atoms with Crippen molar-refractivity contribution in [3.05, 3.63) is 0 Å². The first-order valence-corrected chi connectivity index (χ1v) is 6.19. The Balaban J connectivity index is 2.88. The zero-order valence-electron chi connectivity index (χ0n) is 12.0. The van der Waals surface area contributed by atoms with E-state index in [1.165, 1.54) is 4.90 Å². The van der Waals surface area contributed by atoms with Gasteiger partial charge in [-0.3, -0.25) is 4.90 Å². The topological polar surface area (TPSA) is 29.5 Å².